The zero-order valence-corrected chi connectivity index (χ0v) is 16.3. The number of halogens is 1. The van der Waals surface area contributed by atoms with Crippen molar-refractivity contribution in [2.45, 2.75) is 19.4 Å². The van der Waals surface area contributed by atoms with Gasteiger partial charge in [0.1, 0.15) is 11.8 Å². The summed E-state index contributed by atoms with van der Waals surface area (Å²) in [5.41, 5.74) is 0.937. The monoisotopic (exact) mass is 396 g/mol. The average molecular weight is 397 g/mol. The number of benzene rings is 2. The molecule has 0 spiro atoms. The molecule has 2 rings (SSSR count). The van der Waals surface area contributed by atoms with Crippen molar-refractivity contribution in [3.05, 3.63) is 53.6 Å². The Bertz CT molecular complexity index is 852. The van der Waals surface area contributed by atoms with E-state index in [1.54, 1.807) is 55.5 Å². The Balaban J connectivity index is 2.33. The number of nitrogens with one attached hydrogen (secondary N) is 1. The molecule has 6 nitrogen and oxygen atoms in total. The number of nitrogens with zero attached hydrogens (tertiary/aromatic N) is 1. The average Bonchev–Trinajstić information content (AvgIpc) is 2.60. The summed E-state index contributed by atoms with van der Waals surface area (Å²) in [6, 6.07) is 12.2. The molecule has 0 aliphatic rings. The second-order valence-corrected chi connectivity index (χ2v) is 7.97. The molecule has 0 aliphatic heterocycles. The summed E-state index contributed by atoms with van der Waals surface area (Å²) in [6.45, 7) is 1.76. The van der Waals surface area contributed by atoms with Crippen LogP contribution < -0.4 is 14.4 Å². The predicted molar refractivity (Wildman–Crippen MR) is 104 cm³/mol. The quantitative estimate of drug-likeness (QED) is 0.776. The number of amides is 1. The van der Waals surface area contributed by atoms with E-state index in [1.165, 1.54) is 7.11 Å². The molecule has 0 saturated carbocycles. The Labute approximate surface area is 158 Å². The highest BCUT2D eigenvalue weighted by Crippen LogP contribution is 2.25. The van der Waals surface area contributed by atoms with Crippen LogP contribution in [0.2, 0.25) is 5.02 Å². The molecule has 2 aromatic rings. The number of methoxy groups -OCH3 is 1. The Morgan fingerprint density at radius 2 is 1.73 bits per heavy atom. The van der Waals surface area contributed by atoms with Crippen LogP contribution in [0, 0.1) is 0 Å². The summed E-state index contributed by atoms with van der Waals surface area (Å²) in [5, 5.41) is 3.28. The SMILES string of the molecule is CCC(C(=O)Nc1ccc(Cl)cc1)N(c1ccc(OC)cc1)S(C)(=O)=O. The maximum absolute atomic E-state index is 12.7. The van der Waals surface area contributed by atoms with Crippen LogP contribution in [0.4, 0.5) is 11.4 Å². The molecule has 0 aliphatic carbocycles. The molecular weight excluding hydrogens is 376 g/mol. The van der Waals surface area contributed by atoms with Crippen LogP contribution in [0.3, 0.4) is 0 Å². The molecule has 1 amide bonds. The van der Waals surface area contributed by atoms with Crippen molar-refractivity contribution < 1.29 is 17.9 Å². The van der Waals surface area contributed by atoms with Gasteiger partial charge in [0.05, 0.1) is 19.1 Å². The minimum absolute atomic E-state index is 0.304. The fourth-order valence-electron chi connectivity index (χ4n) is 2.55. The van der Waals surface area contributed by atoms with Crippen LogP contribution >= 0.6 is 11.6 Å². The fourth-order valence-corrected chi connectivity index (χ4v) is 3.89. The van der Waals surface area contributed by atoms with E-state index in [0.29, 0.717) is 28.6 Å². The van der Waals surface area contributed by atoms with Gasteiger partial charge in [0.15, 0.2) is 0 Å². The number of carbonyl (C=O) groups is 1. The normalized spacial score (nSPS) is 12.3. The van der Waals surface area contributed by atoms with Crippen molar-refractivity contribution in [1.29, 1.82) is 0 Å². The summed E-state index contributed by atoms with van der Waals surface area (Å²) in [6.07, 6.45) is 1.38. The zero-order valence-electron chi connectivity index (χ0n) is 14.8. The number of rotatable bonds is 7. The number of sulfonamides is 1. The lowest BCUT2D eigenvalue weighted by atomic mass is 10.1. The molecule has 1 N–H and O–H groups in total. The molecule has 0 radical (unpaired) electrons. The molecule has 26 heavy (non-hydrogen) atoms. The first kappa shape index (κ1) is 20.1. The topological polar surface area (TPSA) is 75.7 Å². The molecule has 1 atom stereocenters. The molecular formula is C18H21ClN2O4S. The second-order valence-electron chi connectivity index (χ2n) is 5.68. The van der Waals surface area contributed by atoms with Gasteiger partial charge >= 0.3 is 0 Å². The van der Waals surface area contributed by atoms with E-state index in [9.17, 15) is 13.2 Å². The Kier molecular flexibility index (Phi) is 6.50. The summed E-state index contributed by atoms with van der Waals surface area (Å²) in [5.74, 6) is 0.178. The molecule has 0 saturated heterocycles. The molecule has 0 heterocycles. The van der Waals surface area contributed by atoms with E-state index in [1.807, 2.05) is 0 Å². The van der Waals surface area contributed by atoms with Crippen LogP contribution in [0.15, 0.2) is 48.5 Å². The van der Waals surface area contributed by atoms with Gasteiger partial charge in [-0.25, -0.2) is 8.42 Å². The van der Waals surface area contributed by atoms with Crippen LogP contribution in [0.1, 0.15) is 13.3 Å². The van der Waals surface area contributed by atoms with E-state index in [0.717, 1.165) is 10.6 Å². The molecule has 2 aromatic carbocycles. The third-order valence-electron chi connectivity index (χ3n) is 3.77. The largest absolute Gasteiger partial charge is 0.497 e. The summed E-state index contributed by atoms with van der Waals surface area (Å²) in [4.78, 5) is 12.7. The maximum Gasteiger partial charge on any atom is 0.248 e. The van der Waals surface area contributed by atoms with E-state index in [4.69, 9.17) is 16.3 Å². The summed E-state index contributed by atoms with van der Waals surface area (Å²) < 4.78 is 31.0. The lowest BCUT2D eigenvalue weighted by Gasteiger charge is -2.30. The van der Waals surface area contributed by atoms with Crippen molar-refractivity contribution in [1.82, 2.24) is 0 Å². The first-order chi connectivity index (χ1) is 12.3. The van der Waals surface area contributed by atoms with Crippen molar-refractivity contribution in [2.24, 2.45) is 0 Å². The molecule has 1 unspecified atom stereocenters. The molecule has 8 heteroatoms. The summed E-state index contributed by atoms with van der Waals surface area (Å²) in [7, 11) is -2.16. The van der Waals surface area contributed by atoms with Crippen molar-refractivity contribution in [3.8, 4) is 5.75 Å². The minimum atomic E-state index is -3.68. The van der Waals surface area contributed by atoms with Gasteiger partial charge in [0, 0.05) is 10.7 Å². The lowest BCUT2D eigenvalue weighted by Crippen LogP contribution is -2.46. The highest BCUT2D eigenvalue weighted by Gasteiger charge is 2.31. The van der Waals surface area contributed by atoms with Gasteiger partial charge in [-0.15, -0.1) is 0 Å². The van der Waals surface area contributed by atoms with Gasteiger partial charge < -0.3 is 10.1 Å². The van der Waals surface area contributed by atoms with Gasteiger partial charge in [0.2, 0.25) is 15.9 Å². The number of hydrogen-bond donors (Lipinski definition) is 1. The smallest absolute Gasteiger partial charge is 0.248 e. The number of hydrogen-bond acceptors (Lipinski definition) is 4. The number of anilines is 2. The summed E-state index contributed by atoms with van der Waals surface area (Å²) >= 11 is 5.84. The first-order valence-corrected chi connectivity index (χ1v) is 10.2. The van der Waals surface area contributed by atoms with E-state index >= 15 is 0 Å². The van der Waals surface area contributed by atoms with Crippen LogP contribution in [-0.4, -0.2) is 33.7 Å². The Hall–Kier alpha value is -2.25. The van der Waals surface area contributed by atoms with Gasteiger partial charge in [-0.05, 0) is 55.0 Å². The van der Waals surface area contributed by atoms with Crippen molar-refractivity contribution in [2.75, 3.05) is 23.0 Å². The molecule has 0 aromatic heterocycles. The van der Waals surface area contributed by atoms with Crippen molar-refractivity contribution in [3.63, 3.8) is 0 Å². The molecule has 0 fully saturated rings. The fraction of sp³-hybridized carbons (Fsp3) is 0.278. The Morgan fingerprint density at radius 1 is 1.15 bits per heavy atom. The molecule has 0 bridgehead atoms. The number of carbonyl (C=O) groups excluding carboxylic acids is 1. The number of ether oxygens (including phenoxy) is 1. The predicted octanol–water partition coefficient (Wildman–Crippen LogP) is 3.53. The Morgan fingerprint density at radius 3 is 2.19 bits per heavy atom. The van der Waals surface area contributed by atoms with E-state index in [-0.39, 0.29) is 0 Å². The van der Waals surface area contributed by atoms with Gasteiger partial charge in [0.25, 0.3) is 0 Å². The van der Waals surface area contributed by atoms with Crippen LogP contribution in [-0.2, 0) is 14.8 Å². The van der Waals surface area contributed by atoms with Crippen LogP contribution in [0.25, 0.3) is 0 Å². The third kappa shape index (κ3) is 4.89. The highest BCUT2D eigenvalue weighted by molar-refractivity contribution is 7.92. The van der Waals surface area contributed by atoms with Gasteiger partial charge in [-0.1, -0.05) is 18.5 Å². The molecule has 140 valence electrons. The lowest BCUT2D eigenvalue weighted by molar-refractivity contribution is -0.117. The van der Waals surface area contributed by atoms with Gasteiger partial charge in [-0.3, -0.25) is 9.10 Å². The van der Waals surface area contributed by atoms with Crippen LogP contribution in [0.5, 0.6) is 5.75 Å². The minimum Gasteiger partial charge on any atom is -0.497 e. The van der Waals surface area contributed by atoms with Gasteiger partial charge in [-0.2, -0.15) is 0 Å². The zero-order chi connectivity index (χ0) is 19.3. The highest BCUT2D eigenvalue weighted by atomic mass is 35.5. The van der Waals surface area contributed by atoms with E-state index in [2.05, 4.69) is 5.32 Å². The standard InChI is InChI=1S/C18H21ClN2O4S/c1-4-17(18(22)20-14-7-5-13(19)6-8-14)21(26(3,23)24)15-9-11-16(25-2)12-10-15/h5-12,17H,4H2,1-3H3,(H,20,22). The van der Waals surface area contributed by atoms with Crippen molar-refractivity contribution >= 4 is 38.9 Å². The maximum atomic E-state index is 12.7. The van der Waals surface area contributed by atoms with E-state index < -0.39 is 22.0 Å². The first-order valence-electron chi connectivity index (χ1n) is 7.96. The third-order valence-corrected chi connectivity index (χ3v) is 5.20. The second kappa shape index (κ2) is 8.42.